The average Bonchev–Trinajstić information content (AvgIpc) is 3.01. The van der Waals surface area contributed by atoms with E-state index in [1.165, 1.54) is 0 Å². The van der Waals surface area contributed by atoms with Crippen LogP contribution < -0.4 is 29.6 Å². The number of carbonyl (C=O) groups excluding carboxylic acids is 5. The Morgan fingerprint density at radius 3 is 2.26 bits per heavy atom. The van der Waals surface area contributed by atoms with Gasteiger partial charge in [0.1, 0.15) is 15.4 Å². The molecule has 0 aromatic rings. The van der Waals surface area contributed by atoms with Gasteiger partial charge in [0, 0.05) is 12.2 Å². The average molecular weight is 412 g/mol. The Bertz CT molecular complexity index is 775. The van der Waals surface area contributed by atoms with Gasteiger partial charge in [-0.1, -0.05) is 0 Å². The standard InChI is InChI=1S/C13H14N2O10S.Na/c16-9-1-2-10(17)14(9)4-6-24-5-3-12(19)25-15-11(18)7-8(13(15)20)26(21,22)23;/h1-2,8H,3-7H2,(H,21,22,23);/q;+1/p-1. The van der Waals surface area contributed by atoms with Crippen molar-refractivity contribution in [3.63, 3.8) is 0 Å². The van der Waals surface area contributed by atoms with Crippen LogP contribution in [-0.4, -0.2) is 77.5 Å². The first kappa shape index (κ1) is 23.4. The van der Waals surface area contributed by atoms with Gasteiger partial charge < -0.3 is 14.1 Å². The van der Waals surface area contributed by atoms with Crippen molar-refractivity contribution in [3.05, 3.63) is 12.2 Å². The quantitative estimate of drug-likeness (QED) is 0.162. The molecule has 2 rings (SSSR count). The van der Waals surface area contributed by atoms with Crippen molar-refractivity contribution in [1.29, 1.82) is 0 Å². The summed E-state index contributed by atoms with van der Waals surface area (Å²) in [6.07, 6.45) is 0.935. The third-order valence-electron chi connectivity index (χ3n) is 3.41. The Labute approximate surface area is 175 Å². The fourth-order valence-corrected chi connectivity index (χ4v) is 2.81. The van der Waals surface area contributed by atoms with Gasteiger partial charge in [0.15, 0.2) is 0 Å². The first-order chi connectivity index (χ1) is 12.1. The predicted octanol–water partition coefficient (Wildman–Crippen LogP) is -5.55. The molecule has 1 unspecified atom stereocenters. The molecule has 1 atom stereocenters. The van der Waals surface area contributed by atoms with Crippen molar-refractivity contribution >= 4 is 39.7 Å². The monoisotopic (exact) mass is 412 g/mol. The number of hydrogen-bond acceptors (Lipinski definition) is 10. The van der Waals surface area contributed by atoms with E-state index in [1.807, 2.05) is 0 Å². The molecule has 14 heteroatoms. The molecule has 0 aliphatic carbocycles. The second-order valence-electron chi connectivity index (χ2n) is 5.20. The molecular weight excluding hydrogens is 399 g/mol. The van der Waals surface area contributed by atoms with E-state index in [0.717, 1.165) is 17.1 Å². The molecule has 12 nitrogen and oxygen atoms in total. The zero-order valence-electron chi connectivity index (χ0n) is 14.2. The van der Waals surface area contributed by atoms with E-state index in [-0.39, 0.29) is 54.4 Å². The molecule has 1 saturated heterocycles. The van der Waals surface area contributed by atoms with Gasteiger partial charge in [0.05, 0.1) is 32.6 Å². The maximum Gasteiger partial charge on any atom is 1.00 e. The first-order valence-electron chi connectivity index (χ1n) is 7.25. The molecule has 0 radical (unpaired) electrons. The van der Waals surface area contributed by atoms with Gasteiger partial charge >= 0.3 is 35.5 Å². The molecule has 1 fully saturated rings. The van der Waals surface area contributed by atoms with Crippen molar-refractivity contribution in [2.24, 2.45) is 0 Å². The number of nitrogens with zero attached hydrogens (tertiary/aromatic N) is 2. The molecule has 2 heterocycles. The molecule has 0 saturated carbocycles. The Hall–Kier alpha value is -1.64. The summed E-state index contributed by atoms with van der Waals surface area (Å²) in [6, 6.07) is 0. The van der Waals surface area contributed by atoms with Crippen LogP contribution in [0, 0.1) is 0 Å². The molecule has 0 bridgehead atoms. The maximum atomic E-state index is 11.6. The Morgan fingerprint density at radius 1 is 1.15 bits per heavy atom. The van der Waals surface area contributed by atoms with Gasteiger partial charge in [-0.15, -0.1) is 5.06 Å². The summed E-state index contributed by atoms with van der Waals surface area (Å²) in [6.45, 7) is -0.279. The topological polar surface area (TPSA) is 167 Å². The number of rotatable bonds is 8. The van der Waals surface area contributed by atoms with Crippen LogP contribution in [0.15, 0.2) is 12.2 Å². The maximum absolute atomic E-state index is 11.6. The number of imide groups is 2. The summed E-state index contributed by atoms with van der Waals surface area (Å²) >= 11 is 0. The predicted molar refractivity (Wildman–Crippen MR) is 77.3 cm³/mol. The Balaban J connectivity index is 0.00000364. The van der Waals surface area contributed by atoms with Crippen LogP contribution >= 0.6 is 0 Å². The third kappa shape index (κ3) is 5.92. The van der Waals surface area contributed by atoms with Gasteiger partial charge in [0.2, 0.25) is 0 Å². The number of hydrogen-bond donors (Lipinski definition) is 0. The third-order valence-corrected chi connectivity index (χ3v) is 4.48. The van der Waals surface area contributed by atoms with Crippen molar-refractivity contribution in [2.75, 3.05) is 19.8 Å². The molecule has 0 aromatic carbocycles. The van der Waals surface area contributed by atoms with Crippen LogP contribution in [0.25, 0.3) is 0 Å². The van der Waals surface area contributed by atoms with Crippen molar-refractivity contribution in [2.45, 2.75) is 18.1 Å². The molecule has 0 aromatic heterocycles. The molecule has 0 spiro atoms. The minimum atomic E-state index is -5.04. The van der Waals surface area contributed by atoms with E-state index in [1.54, 1.807) is 0 Å². The minimum Gasteiger partial charge on any atom is -0.747 e. The molecule has 2 aliphatic rings. The van der Waals surface area contributed by atoms with E-state index in [2.05, 4.69) is 4.84 Å². The van der Waals surface area contributed by atoms with Crippen LogP contribution in [0.1, 0.15) is 12.8 Å². The molecular formula is C13H13N2NaO10S. The number of amides is 4. The molecule has 0 N–H and O–H groups in total. The fraction of sp³-hybridized carbons (Fsp3) is 0.462. The van der Waals surface area contributed by atoms with Gasteiger partial charge in [-0.25, -0.2) is 13.2 Å². The summed E-state index contributed by atoms with van der Waals surface area (Å²) in [4.78, 5) is 62.6. The fourth-order valence-electron chi connectivity index (χ4n) is 2.12. The van der Waals surface area contributed by atoms with Crippen LogP contribution in [0.2, 0.25) is 0 Å². The van der Waals surface area contributed by atoms with Gasteiger partial charge in [-0.05, 0) is 0 Å². The first-order valence-corrected chi connectivity index (χ1v) is 8.72. The normalized spacial score (nSPS) is 19.7. The van der Waals surface area contributed by atoms with Crippen LogP contribution in [0.3, 0.4) is 0 Å². The Morgan fingerprint density at radius 2 is 1.74 bits per heavy atom. The second kappa shape index (κ2) is 9.52. The number of ether oxygens (including phenoxy) is 1. The van der Waals surface area contributed by atoms with Crippen LogP contribution in [0.5, 0.6) is 0 Å². The van der Waals surface area contributed by atoms with Crippen LogP contribution in [-0.2, 0) is 43.7 Å². The zero-order chi connectivity index (χ0) is 19.5. The van der Waals surface area contributed by atoms with Gasteiger partial charge in [0.25, 0.3) is 23.6 Å². The summed E-state index contributed by atoms with van der Waals surface area (Å²) in [5, 5.41) is -2.15. The minimum absolute atomic E-state index is 0. The van der Waals surface area contributed by atoms with Gasteiger partial charge in [-0.3, -0.25) is 24.1 Å². The van der Waals surface area contributed by atoms with E-state index < -0.39 is 57.8 Å². The van der Waals surface area contributed by atoms with Crippen molar-refractivity contribution < 1.29 is 76.1 Å². The van der Waals surface area contributed by atoms with E-state index in [4.69, 9.17) is 4.74 Å². The number of carbonyl (C=O) groups is 5. The van der Waals surface area contributed by atoms with Crippen molar-refractivity contribution in [3.8, 4) is 0 Å². The summed E-state index contributed by atoms with van der Waals surface area (Å²) in [5.74, 6) is -4.56. The summed E-state index contributed by atoms with van der Waals surface area (Å²) in [5.41, 5.74) is 0. The van der Waals surface area contributed by atoms with E-state index in [0.29, 0.717) is 0 Å². The van der Waals surface area contributed by atoms with Crippen LogP contribution in [0.4, 0.5) is 0 Å². The molecule has 27 heavy (non-hydrogen) atoms. The molecule has 2 aliphatic heterocycles. The Kier molecular flexibility index (Phi) is 8.25. The molecule has 4 amide bonds. The van der Waals surface area contributed by atoms with Gasteiger partial charge in [-0.2, -0.15) is 0 Å². The second-order valence-corrected chi connectivity index (χ2v) is 6.75. The SMILES string of the molecule is O=C(CCOCCN1C(=O)C=CC1=O)ON1C(=O)CC(S(=O)(=O)[O-])C1=O.[Na+]. The van der Waals surface area contributed by atoms with E-state index in [9.17, 15) is 36.9 Å². The largest absolute Gasteiger partial charge is 1.00 e. The summed E-state index contributed by atoms with van der Waals surface area (Å²) in [7, 11) is -5.04. The number of hydroxylamine groups is 2. The summed E-state index contributed by atoms with van der Waals surface area (Å²) < 4.78 is 37.6. The van der Waals surface area contributed by atoms with E-state index >= 15 is 0 Å². The molecule has 142 valence electrons. The zero-order valence-corrected chi connectivity index (χ0v) is 17.0. The smallest absolute Gasteiger partial charge is 0.747 e. The van der Waals surface area contributed by atoms with Crippen molar-refractivity contribution in [1.82, 2.24) is 9.96 Å².